The number of hydrazone groups is 1. The van der Waals surface area contributed by atoms with Crippen molar-refractivity contribution in [2.75, 3.05) is 5.43 Å². The van der Waals surface area contributed by atoms with Crippen molar-refractivity contribution in [2.45, 2.75) is 13.5 Å². The lowest BCUT2D eigenvalue weighted by Crippen LogP contribution is -1.98. The van der Waals surface area contributed by atoms with Gasteiger partial charge in [0.15, 0.2) is 0 Å². The number of hydrogen-bond acceptors (Lipinski definition) is 6. The Labute approximate surface area is 138 Å². The van der Waals surface area contributed by atoms with Crippen molar-refractivity contribution in [1.29, 1.82) is 0 Å². The Kier molecular flexibility index (Phi) is 4.95. The van der Waals surface area contributed by atoms with Gasteiger partial charge in [0.1, 0.15) is 12.4 Å². The van der Waals surface area contributed by atoms with Crippen LogP contribution in [-0.4, -0.2) is 16.2 Å². The summed E-state index contributed by atoms with van der Waals surface area (Å²) in [6.07, 6.45) is 3.50. The highest BCUT2D eigenvalue weighted by Crippen LogP contribution is 2.15. The molecule has 0 atom stereocenters. The highest BCUT2D eigenvalue weighted by atomic mass is 32.1. The molecule has 0 amide bonds. The van der Waals surface area contributed by atoms with Gasteiger partial charge in [-0.3, -0.25) is 10.4 Å². The normalized spacial score (nSPS) is 10.8. The van der Waals surface area contributed by atoms with Crippen molar-refractivity contribution in [3.05, 3.63) is 71.0 Å². The predicted molar refractivity (Wildman–Crippen MR) is 93.1 cm³/mol. The zero-order chi connectivity index (χ0) is 15.9. The van der Waals surface area contributed by atoms with Crippen LogP contribution in [0, 0.1) is 6.92 Å². The van der Waals surface area contributed by atoms with Gasteiger partial charge < -0.3 is 4.74 Å². The first kappa shape index (κ1) is 15.2. The lowest BCUT2D eigenvalue weighted by molar-refractivity contribution is 0.301. The van der Waals surface area contributed by atoms with Crippen LogP contribution in [0.5, 0.6) is 5.75 Å². The first-order valence-electron chi connectivity index (χ1n) is 7.13. The van der Waals surface area contributed by atoms with Crippen LogP contribution in [0.25, 0.3) is 0 Å². The highest BCUT2D eigenvalue weighted by molar-refractivity contribution is 7.13. The van der Waals surface area contributed by atoms with E-state index in [1.165, 1.54) is 11.3 Å². The fraction of sp³-hybridized carbons (Fsp3) is 0.118. The van der Waals surface area contributed by atoms with Crippen molar-refractivity contribution >= 4 is 22.7 Å². The molecule has 2 aromatic heterocycles. The van der Waals surface area contributed by atoms with Crippen LogP contribution in [-0.2, 0) is 6.61 Å². The molecule has 0 aliphatic carbocycles. The molecule has 6 heteroatoms. The molecule has 3 rings (SSSR count). The molecule has 0 spiro atoms. The fourth-order valence-electron chi connectivity index (χ4n) is 1.89. The molecule has 2 heterocycles. The lowest BCUT2D eigenvalue weighted by Gasteiger charge is -2.06. The summed E-state index contributed by atoms with van der Waals surface area (Å²) >= 11 is 1.53. The summed E-state index contributed by atoms with van der Waals surface area (Å²) in [4.78, 5) is 8.52. The van der Waals surface area contributed by atoms with Gasteiger partial charge in [-0.25, -0.2) is 4.98 Å². The second-order valence-corrected chi connectivity index (χ2v) is 5.70. The van der Waals surface area contributed by atoms with E-state index >= 15 is 0 Å². The van der Waals surface area contributed by atoms with Crippen molar-refractivity contribution < 1.29 is 4.74 Å². The first-order valence-corrected chi connectivity index (χ1v) is 8.01. The summed E-state index contributed by atoms with van der Waals surface area (Å²) in [6, 6.07) is 13.5. The molecule has 0 aliphatic rings. The smallest absolute Gasteiger partial charge is 0.203 e. The predicted octanol–water partition coefficient (Wildman–Crippen LogP) is 3.87. The Hall–Kier alpha value is -2.73. The van der Waals surface area contributed by atoms with E-state index in [-0.39, 0.29) is 0 Å². The van der Waals surface area contributed by atoms with Gasteiger partial charge in [-0.15, -0.1) is 11.3 Å². The minimum absolute atomic E-state index is 0.443. The van der Waals surface area contributed by atoms with Crippen LogP contribution >= 0.6 is 11.3 Å². The summed E-state index contributed by atoms with van der Waals surface area (Å²) in [6.45, 7) is 2.39. The van der Waals surface area contributed by atoms with E-state index < -0.39 is 0 Å². The molecule has 23 heavy (non-hydrogen) atoms. The number of anilines is 1. The van der Waals surface area contributed by atoms with E-state index in [0.29, 0.717) is 6.61 Å². The average Bonchev–Trinajstić information content (AvgIpc) is 3.00. The Bertz CT molecular complexity index is 786. The molecule has 0 bridgehead atoms. The third-order valence-corrected chi connectivity index (χ3v) is 3.83. The van der Waals surface area contributed by atoms with E-state index in [1.54, 1.807) is 12.4 Å². The second kappa shape index (κ2) is 7.51. The van der Waals surface area contributed by atoms with Crippen LogP contribution in [0.2, 0.25) is 0 Å². The van der Waals surface area contributed by atoms with E-state index in [4.69, 9.17) is 4.74 Å². The quantitative estimate of drug-likeness (QED) is 0.552. The maximum absolute atomic E-state index is 5.75. The number of thiazole rings is 1. The summed E-state index contributed by atoms with van der Waals surface area (Å²) in [5.74, 6) is 0.782. The number of ether oxygens (including phenoxy) is 1. The Morgan fingerprint density at radius 1 is 1.26 bits per heavy atom. The lowest BCUT2D eigenvalue weighted by atomic mass is 10.2. The molecule has 0 fully saturated rings. The van der Waals surface area contributed by atoms with E-state index in [2.05, 4.69) is 20.5 Å². The summed E-state index contributed by atoms with van der Waals surface area (Å²) in [7, 11) is 0. The summed E-state index contributed by atoms with van der Waals surface area (Å²) in [5, 5.41) is 6.94. The molecular weight excluding hydrogens is 308 g/mol. The molecule has 0 saturated carbocycles. The van der Waals surface area contributed by atoms with Crippen LogP contribution < -0.4 is 10.2 Å². The van der Waals surface area contributed by atoms with Crippen LogP contribution in [0.4, 0.5) is 5.13 Å². The largest absolute Gasteiger partial charge is 0.487 e. The van der Waals surface area contributed by atoms with E-state index in [9.17, 15) is 0 Å². The SMILES string of the molecule is Cc1csc(NN=Cc2cccc(OCc3ccccn3)c2)n1. The summed E-state index contributed by atoms with van der Waals surface area (Å²) in [5.41, 5.74) is 5.75. The molecule has 5 nitrogen and oxygen atoms in total. The maximum Gasteiger partial charge on any atom is 0.203 e. The number of nitrogens with zero attached hydrogens (tertiary/aromatic N) is 3. The van der Waals surface area contributed by atoms with Gasteiger partial charge >= 0.3 is 0 Å². The number of benzene rings is 1. The van der Waals surface area contributed by atoms with Gasteiger partial charge in [-0.1, -0.05) is 18.2 Å². The maximum atomic E-state index is 5.75. The van der Waals surface area contributed by atoms with E-state index in [1.807, 2.05) is 54.8 Å². The van der Waals surface area contributed by atoms with Crippen molar-refractivity contribution in [3.63, 3.8) is 0 Å². The van der Waals surface area contributed by atoms with Gasteiger partial charge in [0.05, 0.1) is 17.6 Å². The Morgan fingerprint density at radius 3 is 3.00 bits per heavy atom. The molecular formula is C17H16N4OS. The molecule has 1 N–H and O–H groups in total. The first-order chi connectivity index (χ1) is 11.3. The minimum atomic E-state index is 0.443. The number of nitrogens with one attached hydrogen (secondary N) is 1. The zero-order valence-corrected chi connectivity index (χ0v) is 13.5. The standard InChI is InChI=1S/C17H16N4OS/c1-13-12-23-17(20-13)21-19-10-14-5-4-7-16(9-14)22-11-15-6-2-3-8-18-15/h2-10,12H,11H2,1H3,(H,20,21). The average molecular weight is 324 g/mol. The van der Waals surface area contributed by atoms with E-state index in [0.717, 1.165) is 27.8 Å². The van der Waals surface area contributed by atoms with Crippen LogP contribution in [0.1, 0.15) is 17.0 Å². The fourth-order valence-corrected chi connectivity index (χ4v) is 2.53. The number of aryl methyl sites for hydroxylation is 1. The Morgan fingerprint density at radius 2 is 2.22 bits per heavy atom. The van der Waals surface area contributed by atoms with Crippen LogP contribution in [0.15, 0.2) is 59.1 Å². The highest BCUT2D eigenvalue weighted by Gasteiger charge is 1.98. The molecule has 116 valence electrons. The molecule has 0 saturated heterocycles. The third kappa shape index (κ3) is 4.62. The van der Waals surface area contributed by atoms with Gasteiger partial charge in [-0.2, -0.15) is 5.10 Å². The summed E-state index contributed by atoms with van der Waals surface area (Å²) < 4.78 is 5.75. The van der Waals surface area contributed by atoms with Crippen molar-refractivity contribution in [3.8, 4) is 5.75 Å². The van der Waals surface area contributed by atoms with Gasteiger partial charge in [0, 0.05) is 11.6 Å². The topological polar surface area (TPSA) is 59.4 Å². The van der Waals surface area contributed by atoms with Gasteiger partial charge in [0.2, 0.25) is 5.13 Å². The van der Waals surface area contributed by atoms with Crippen molar-refractivity contribution in [2.24, 2.45) is 5.10 Å². The molecule has 0 unspecified atom stereocenters. The number of aromatic nitrogens is 2. The zero-order valence-electron chi connectivity index (χ0n) is 12.6. The minimum Gasteiger partial charge on any atom is -0.487 e. The number of hydrogen-bond donors (Lipinski definition) is 1. The monoisotopic (exact) mass is 324 g/mol. The number of rotatable bonds is 6. The molecule has 0 aliphatic heterocycles. The van der Waals surface area contributed by atoms with Crippen molar-refractivity contribution in [1.82, 2.24) is 9.97 Å². The Balaban J connectivity index is 1.58. The number of pyridine rings is 1. The van der Waals surface area contributed by atoms with Crippen LogP contribution in [0.3, 0.4) is 0 Å². The van der Waals surface area contributed by atoms with Gasteiger partial charge in [0.25, 0.3) is 0 Å². The molecule has 0 radical (unpaired) electrons. The third-order valence-electron chi connectivity index (χ3n) is 2.96. The van der Waals surface area contributed by atoms with Gasteiger partial charge in [-0.05, 0) is 36.8 Å². The second-order valence-electron chi connectivity index (χ2n) is 4.85. The molecule has 3 aromatic rings. The molecule has 1 aromatic carbocycles.